The summed E-state index contributed by atoms with van der Waals surface area (Å²) in [5, 5.41) is 0. The second-order valence-corrected chi connectivity index (χ2v) is 2.91. The van der Waals surface area contributed by atoms with Gasteiger partial charge in [-0.05, 0) is 22.0 Å². The van der Waals surface area contributed by atoms with Gasteiger partial charge in [-0.25, -0.2) is 13.2 Å². The third kappa shape index (κ3) is 1.72. The lowest BCUT2D eigenvalue weighted by atomic mass is 10.2. The lowest BCUT2D eigenvalue weighted by Gasteiger charge is -2.01. The van der Waals surface area contributed by atoms with E-state index in [0.717, 1.165) is 0 Å². The van der Waals surface area contributed by atoms with Gasteiger partial charge in [0, 0.05) is 0 Å². The molecule has 0 amide bonds. The van der Waals surface area contributed by atoms with Crippen molar-refractivity contribution in [2.75, 3.05) is 0 Å². The van der Waals surface area contributed by atoms with Crippen LogP contribution >= 0.6 is 15.9 Å². The summed E-state index contributed by atoms with van der Waals surface area (Å²) in [5.74, 6) is -4.44. The van der Waals surface area contributed by atoms with Gasteiger partial charge in [0.25, 0.3) is 0 Å². The van der Waals surface area contributed by atoms with Crippen LogP contribution in [-0.2, 0) is 0 Å². The minimum Gasteiger partial charge on any atom is -0.255 e. The van der Waals surface area contributed by atoms with Crippen LogP contribution in [0.15, 0.2) is 10.5 Å². The Balaban J connectivity index is 3.50. The van der Waals surface area contributed by atoms with E-state index in [9.17, 15) is 22.4 Å². The summed E-state index contributed by atoms with van der Waals surface area (Å²) in [5.41, 5.74) is -1.13. The maximum atomic E-state index is 12.8. The van der Waals surface area contributed by atoms with Crippen molar-refractivity contribution in [1.82, 2.24) is 0 Å². The zero-order valence-electron chi connectivity index (χ0n) is 5.88. The highest BCUT2D eigenvalue weighted by Gasteiger charge is 2.20. The Kier molecular flexibility index (Phi) is 2.70. The summed E-state index contributed by atoms with van der Waals surface area (Å²) >= 11 is 2.34. The Morgan fingerprint density at radius 3 is 2.23 bits per heavy atom. The van der Waals surface area contributed by atoms with E-state index in [2.05, 4.69) is 15.9 Å². The summed E-state index contributed by atoms with van der Waals surface area (Å²) in [6.07, 6.45) is 0. The Hall–Kier alpha value is -0.910. The van der Waals surface area contributed by atoms with E-state index < -0.39 is 33.5 Å². The molecule has 1 aromatic carbocycles. The number of hydrogen-bond donors (Lipinski definition) is 0. The van der Waals surface area contributed by atoms with Crippen molar-refractivity contribution in [3.63, 3.8) is 0 Å². The molecule has 1 nitrogen and oxygen atoms in total. The van der Waals surface area contributed by atoms with E-state index in [-0.39, 0.29) is 6.07 Å². The smallest absolute Gasteiger partial charge is 0.255 e. The molecule has 0 N–H and O–H groups in total. The molecule has 0 fully saturated rings. The first kappa shape index (κ1) is 10.2. The molecule has 0 aromatic heterocycles. The van der Waals surface area contributed by atoms with E-state index in [1.807, 2.05) is 0 Å². The number of benzene rings is 1. The van der Waals surface area contributed by atoms with Gasteiger partial charge >= 0.3 is 6.04 Å². The predicted molar refractivity (Wildman–Crippen MR) is 39.5 cm³/mol. The van der Waals surface area contributed by atoms with Crippen LogP contribution in [0.2, 0.25) is 0 Å². The molecule has 0 aliphatic rings. The summed E-state index contributed by atoms with van der Waals surface area (Å²) in [6.45, 7) is 0. The average molecular weight is 257 g/mol. The molecule has 0 spiro atoms. The van der Waals surface area contributed by atoms with Crippen molar-refractivity contribution in [3.8, 4) is 0 Å². The third-order valence-electron chi connectivity index (χ3n) is 1.31. The lowest BCUT2D eigenvalue weighted by Crippen LogP contribution is -2.01. The normalized spacial score (nSPS) is 10.2. The summed E-state index contributed by atoms with van der Waals surface area (Å²) in [7, 11) is 0. The fraction of sp³-hybridized carbons (Fsp3) is 0. The molecule has 0 heterocycles. The van der Waals surface area contributed by atoms with E-state index in [4.69, 9.17) is 0 Å². The summed E-state index contributed by atoms with van der Waals surface area (Å²) in [6, 6.07) is -1.99. The van der Waals surface area contributed by atoms with Crippen molar-refractivity contribution >= 4 is 22.0 Å². The van der Waals surface area contributed by atoms with E-state index in [0.29, 0.717) is 0 Å². The Morgan fingerprint density at radius 2 is 1.77 bits per heavy atom. The molecular weight excluding hydrogens is 256 g/mol. The highest BCUT2D eigenvalue weighted by molar-refractivity contribution is 9.10. The molecule has 70 valence electrons. The van der Waals surface area contributed by atoms with Gasteiger partial charge in [-0.15, -0.1) is 0 Å². The Bertz CT molecular complexity index is 377. The number of rotatable bonds is 1. The van der Waals surface area contributed by atoms with E-state index >= 15 is 0 Å². The van der Waals surface area contributed by atoms with Gasteiger partial charge in [0.1, 0.15) is 0 Å². The largest absolute Gasteiger partial charge is 0.335 e. The molecule has 0 aliphatic carbocycles. The highest BCUT2D eigenvalue weighted by atomic mass is 79.9. The first-order valence-corrected chi connectivity index (χ1v) is 3.77. The molecule has 0 atom stereocenters. The highest BCUT2D eigenvalue weighted by Crippen LogP contribution is 2.25. The fourth-order valence-corrected chi connectivity index (χ4v) is 1.12. The molecule has 0 aliphatic heterocycles. The van der Waals surface area contributed by atoms with Gasteiger partial charge < -0.3 is 0 Å². The number of carbonyl (C=O) groups is 1. The topological polar surface area (TPSA) is 17.1 Å². The second-order valence-electron chi connectivity index (χ2n) is 2.12. The number of halogens is 5. The predicted octanol–water partition coefficient (Wildman–Crippen LogP) is 2.98. The Labute approximate surface area is 78.5 Å². The standard InChI is InChI=1S/C7HBrF4O/c8-4-5(10)2(7(12)13)1-3(9)6(4)11/h1H. The molecule has 0 saturated heterocycles. The monoisotopic (exact) mass is 256 g/mol. The maximum absolute atomic E-state index is 12.8. The molecule has 13 heavy (non-hydrogen) atoms. The third-order valence-corrected chi connectivity index (χ3v) is 2.01. The molecule has 0 bridgehead atoms. The quantitative estimate of drug-likeness (QED) is 0.327. The Morgan fingerprint density at radius 1 is 1.23 bits per heavy atom. The van der Waals surface area contributed by atoms with Crippen LogP contribution in [0.1, 0.15) is 10.4 Å². The fourth-order valence-electron chi connectivity index (χ4n) is 0.716. The van der Waals surface area contributed by atoms with E-state index in [1.165, 1.54) is 0 Å². The lowest BCUT2D eigenvalue weighted by molar-refractivity contribution is 0.0830. The average Bonchev–Trinajstić information content (AvgIpc) is 2.07. The summed E-state index contributed by atoms with van der Waals surface area (Å²) < 4.78 is 48.9. The van der Waals surface area contributed by atoms with Crippen molar-refractivity contribution < 1.29 is 22.4 Å². The molecule has 0 unspecified atom stereocenters. The van der Waals surface area contributed by atoms with Gasteiger partial charge in [0.15, 0.2) is 17.5 Å². The van der Waals surface area contributed by atoms with Crippen LogP contribution in [0.3, 0.4) is 0 Å². The van der Waals surface area contributed by atoms with Gasteiger partial charge in [-0.3, -0.25) is 4.79 Å². The minimum absolute atomic E-state index is 0.164. The van der Waals surface area contributed by atoms with Crippen molar-refractivity contribution in [1.29, 1.82) is 0 Å². The van der Waals surface area contributed by atoms with Crippen LogP contribution in [0.5, 0.6) is 0 Å². The van der Waals surface area contributed by atoms with Crippen LogP contribution in [0, 0.1) is 17.5 Å². The second kappa shape index (κ2) is 3.45. The van der Waals surface area contributed by atoms with Crippen molar-refractivity contribution in [3.05, 3.63) is 33.6 Å². The first-order chi connectivity index (χ1) is 5.95. The number of hydrogen-bond acceptors (Lipinski definition) is 1. The summed E-state index contributed by atoms with van der Waals surface area (Å²) in [4.78, 5) is 10.1. The van der Waals surface area contributed by atoms with Crippen LogP contribution < -0.4 is 0 Å². The zero-order chi connectivity index (χ0) is 10.2. The van der Waals surface area contributed by atoms with Crippen LogP contribution in [0.25, 0.3) is 0 Å². The van der Waals surface area contributed by atoms with Gasteiger partial charge in [-0.1, -0.05) is 0 Å². The van der Waals surface area contributed by atoms with Crippen molar-refractivity contribution in [2.45, 2.75) is 0 Å². The van der Waals surface area contributed by atoms with Crippen LogP contribution in [0.4, 0.5) is 17.6 Å². The first-order valence-electron chi connectivity index (χ1n) is 2.98. The molecule has 1 rings (SSSR count). The van der Waals surface area contributed by atoms with E-state index in [1.54, 1.807) is 0 Å². The molecule has 0 radical (unpaired) electrons. The molecular formula is C7HBrF4O. The molecule has 0 saturated carbocycles. The van der Waals surface area contributed by atoms with Crippen molar-refractivity contribution in [2.24, 2.45) is 0 Å². The SMILES string of the molecule is O=C(F)c1cc(F)c(F)c(Br)c1F. The van der Waals surface area contributed by atoms with Crippen LogP contribution in [-0.4, -0.2) is 6.04 Å². The minimum atomic E-state index is -2.16. The molecule has 1 aromatic rings. The zero-order valence-corrected chi connectivity index (χ0v) is 7.46. The van der Waals surface area contributed by atoms with Gasteiger partial charge in [-0.2, -0.15) is 4.39 Å². The maximum Gasteiger partial charge on any atom is 0.335 e. The number of carbonyl (C=O) groups excluding carboxylic acids is 1. The molecule has 6 heteroatoms. The van der Waals surface area contributed by atoms with Gasteiger partial charge in [0.05, 0.1) is 10.0 Å². The van der Waals surface area contributed by atoms with Gasteiger partial charge in [0.2, 0.25) is 0 Å².